The highest BCUT2D eigenvalue weighted by molar-refractivity contribution is 5.82. The Labute approximate surface area is 167 Å². The Bertz CT molecular complexity index is 1430. The lowest BCUT2D eigenvalue weighted by molar-refractivity contribution is -0.137. The van der Waals surface area contributed by atoms with Crippen molar-refractivity contribution in [2.75, 3.05) is 5.43 Å². The topological polar surface area (TPSA) is 82.2 Å². The van der Waals surface area contributed by atoms with Crippen LogP contribution in [0.2, 0.25) is 0 Å². The molecule has 0 amide bonds. The maximum absolute atomic E-state index is 13.1. The summed E-state index contributed by atoms with van der Waals surface area (Å²) in [5, 5.41) is 9.74. The number of nitrogens with one attached hydrogen (secondary N) is 2. The molecule has 0 aliphatic rings. The van der Waals surface area contributed by atoms with Crippen LogP contribution >= 0.6 is 0 Å². The van der Waals surface area contributed by atoms with Gasteiger partial charge in [0.15, 0.2) is 5.65 Å². The fourth-order valence-electron chi connectivity index (χ4n) is 3.31. The number of anilines is 1. The van der Waals surface area contributed by atoms with Gasteiger partial charge in [0.1, 0.15) is 6.07 Å². The van der Waals surface area contributed by atoms with Gasteiger partial charge in [0.25, 0.3) is 5.56 Å². The third-order valence-electron chi connectivity index (χ3n) is 4.76. The van der Waals surface area contributed by atoms with E-state index in [1.807, 2.05) is 0 Å². The summed E-state index contributed by atoms with van der Waals surface area (Å²) >= 11 is 0. The van der Waals surface area contributed by atoms with Crippen molar-refractivity contribution in [2.24, 2.45) is 0 Å². The van der Waals surface area contributed by atoms with E-state index in [1.54, 1.807) is 31.2 Å². The van der Waals surface area contributed by atoms with Crippen molar-refractivity contribution in [3.63, 3.8) is 0 Å². The lowest BCUT2D eigenvalue weighted by Gasteiger charge is -2.14. The number of hydrazine groups is 1. The first-order valence-corrected chi connectivity index (χ1v) is 8.84. The molecule has 0 fully saturated rings. The predicted octanol–water partition coefficient (Wildman–Crippen LogP) is 3.12. The Morgan fingerprint density at radius 3 is 2.57 bits per heavy atom. The van der Waals surface area contributed by atoms with E-state index in [0.29, 0.717) is 16.6 Å². The molecule has 0 unspecified atom stereocenters. The van der Waals surface area contributed by atoms with Crippen LogP contribution in [0.15, 0.2) is 53.3 Å². The van der Waals surface area contributed by atoms with E-state index in [4.69, 9.17) is 0 Å². The average molecular weight is 409 g/mol. The number of nitrogens with zero attached hydrogens (tertiary/aromatic N) is 3. The smallest absolute Gasteiger partial charge is 0.307 e. The van der Waals surface area contributed by atoms with E-state index in [-0.39, 0.29) is 22.1 Å². The molecule has 0 spiro atoms. The van der Waals surface area contributed by atoms with Crippen LogP contribution in [0, 0.1) is 18.3 Å². The van der Waals surface area contributed by atoms with Crippen molar-refractivity contribution in [3.05, 3.63) is 80.8 Å². The van der Waals surface area contributed by atoms with Gasteiger partial charge >= 0.3 is 6.18 Å². The molecular formula is C21H14F3N5O. The summed E-state index contributed by atoms with van der Waals surface area (Å²) in [5.74, 6) is 0. The molecule has 0 aliphatic heterocycles. The summed E-state index contributed by atoms with van der Waals surface area (Å²) in [5.41, 5.74) is 5.48. The van der Waals surface area contributed by atoms with E-state index in [1.165, 1.54) is 28.8 Å². The summed E-state index contributed by atoms with van der Waals surface area (Å²) in [6.07, 6.45) is -3.28. The third-order valence-corrected chi connectivity index (χ3v) is 4.76. The number of nitriles is 1. The predicted molar refractivity (Wildman–Crippen MR) is 106 cm³/mol. The number of hydrogen-bond acceptors (Lipinski definition) is 5. The minimum absolute atomic E-state index is 0.138. The quantitative estimate of drug-likeness (QED) is 0.508. The Morgan fingerprint density at radius 1 is 1.13 bits per heavy atom. The van der Waals surface area contributed by atoms with E-state index in [2.05, 4.69) is 21.9 Å². The minimum Gasteiger partial charge on any atom is -0.307 e. The fraction of sp³-hybridized carbons (Fsp3) is 0.0952. The Balaban J connectivity index is 1.84. The zero-order valence-corrected chi connectivity index (χ0v) is 15.6. The molecule has 0 saturated carbocycles. The van der Waals surface area contributed by atoms with Crippen LogP contribution in [0.5, 0.6) is 0 Å². The number of halogens is 3. The molecule has 2 aromatic heterocycles. The van der Waals surface area contributed by atoms with Gasteiger partial charge in [0, 0.05) is 6.20 Å². The summed E-state index contributed by atoms with van der Waals surface area (Å²) in [6, 6.07) is 14.0. The molecule has 9 heteroatoms. The Hall–Kier alpha value is -4.06. The van der Waals surface area contributed by atoms with Crippen molar-refractivity contribution in [1.29, 1.82) is 5.26 Å². The average Bonchev–Trinajstić information content (AvgIpc) is 3.10. The minimum atomic E-state index is -4.53. The Morgan fingerprint density at radius 2 is 1.83 bits per heavy atom. The highest BCUT2D eigenvalue weighted by atomic mass is 19.4. The first-order valence-electron chi connectivity index (χ1n) is 8.84. The van der Waals surface area contributed by atoms with Crippen LogP contribution < -0.4 is 21.6 Å². The second-order valence-electron chi connectivity index (χ2n) is 6.55. The molecule has 4 rings (SSSR count). The standard InChI is InChI=1S/C21H14F3N5O/c1-12-13(10-25)19-27-17-8-4-5-9-18(17)29(19)20(30)14(12)11-26-28-16-7-3-2-6-15(16)21(22,23)24/h2-9,11,26,28H,1H3. The van der Waals surface area contributed by atoms with Crippen molar-refractivity contribution < 1.29 is 13.2 Å². The van der Waals surface area contributed by atoms with Gasteiger partial charge in [0.05, 0.1) is 33.1 Å². The molecule has 0 radical (unpaired) electrons. The molecular weight excluding hydrogens is 395 g/mol. The molecule has 6 nitrogen and oxygen atoms in total. The zero-order valence-electron chi connectivity index (χ0n) is 15.6. The van der Waals surface area contributed by atoms with Crippen molar-refractivity contribution >= 4 is 28.6 Å². The second kappa shape index (κ2) is 7.08. The third kappa shape index (κ3) is 3.08. The van der Waals surface area contributed by atoms with Crippen LogP contribution in [0.4, 0.5) is 18.9 Å². The number of rotatable bonds is 3. The van der Waals surface area contributed by atoms with Crippen molar-refractivity contribution in [3.8, 4) is 6.07 Å². The van der Waals surface area contributed by atoms with E-state index < -0.39 is 17.3 Å². The van der Waals surface area contributed by atoms with E-state index in [0.717, 1.165) is 6.07 Å². The van der Waals surface area contributed by atoms with Gasteiger partial charge < -0.3 is 10.9 Å². The number of para-hydroxylation sites is 3. The maximum Gasteiger partial charge on any atom is 0.418 e. The molecule has 0 saturated heterocycles. The van der Waals surface area contributed by atoms with Crippen LogP contribution in [-0.4, -0.2) is 9.38 Å². The molecule has 150 valence electrons. The number of hydrogen-bond donors (Lipinski definition) is 2. The van der Waals surface area contributed by atoms with Gasteiger partial charge in [-0.05, 0) is 36.8 Å². The molecule has 2 N–H and O–H groups in total. The van der Waals surface area contributed by atoms with Crippen molar-refractivity contribution in [1.82, 2.24) is 14.8 Å². The number of fused-ring (bicyclic) bond motifs is 3. The molecule has 0 aliphatic carbocycles. The molecule has 0 atom stereocenters. The van der Waals surface area contributed by atoms with Gasteiger partial charge in [-0.3, -0.25) is 9.20 Å². The largest absolute Gasteiger partial charge is 0.418 e. The highest BCUT2D eigenvalue weighted by Gasteiger charge is 2.33. The monoisotopic (exact) mass is 409 g/mol. The van der Waals surface area contributed by atoms with Crippen LogP contribution in [0.25, 0.3) is 22.9 Å². The van der Waals surface area contributed by atoms with Crippen LogP contribution in [0.1, 0.15) is 16.7 Å². The first kappa shape index (κ1) is 19.3. The number of benzene rings is 2. The van der Waals surface area contributed by atoms with Gasteiger partial charge in [-0.1, -0.05) is 24.3 Å². The second-order valence-corrected chi connectivity index (χ2v) is 6.55. The summed E-state index contributed by atoms with van der Waals surface area (Å²) in [6.45, 7) is 1.59. The summed E-state index contributed by atoms with van der Waals surface area (Å²) < 4.78 is 40.7. The molecule has 0 bridgehead atoms. The maximum atomic E-state index is 13.1. The molecule has 4 aromatic rings. The SMILES string of the molecule is Cc1c(C#N)c2nc3ccccc3n2c(=O)c1=CNNc1ccccc1C(F)(F)F. The lowest BCUT2D eigenvalue weighted by Crippen LogP contribution is -2.36. The van der Waals surface area contributed by atoms with E-state index in [9.17, 15) is 23.2 Å². The normalized spacial score (nSPS) is 12.3. The molecule has 2 heterocycles. The molecule has 30 heavy (non-hydrogen) atoms. The number of imidazole rings is 1. The highest BCUT2D eigenvalue weighted by Crippen LogP contribution is 2.34. The lowest BCUT2D eigenvalue weighted by atomic mass is 10.1. The number of pyridine rings is 1. The number of alkyl halides is 3. The van der Waals surface area contributed by atoms with Gasteiger partial charge in [0.2, 0.25) is 0 Å². The van der Waals surface area contributed by atoms with Crippen LogP contribution in [-0.2, 0) is 6.18 Å². The van der Waals surface area contributed by atoms with Crippen LogP contribution in [0.3, 0.4) is 0 Å². The zero-order chi connectivity index (χ0) is 21.5. The number of aromatic nitrogens is 2. The van der Waals surface area contributed by atoms with Gasteiger partial charge in [-0.25, -0.2) is 4.98 Å². The van der Waals surface area contributed by atoms with E-state index >= 15 is 0 Å². The molecule has 2 aromatic carbocycles. The van der Waals surface area contributed by atoms with Crippen molar-refractivity contribution in [2.45, 2.75) is 13.1 Å². The summed E-state index contributed by atoms with van der Waals surface area (Å²) in [7, 11) is 0. The van der Waals surface area contributed by atoms with Gasteiger partial charge in [-0.15, -0.1) is 0 Å². The first-order chi connectivity index (χ1) is 14.3. The fourth-order valence-corrected chi connectivity index (χ4v) is 3.31. The van der Waals surface area contributed by atoms with Gasteiger partial charge in [-0.2, -0.15) is 18.4 Å². The Kier molecular flexibility index (Phi) is 4.54. The summed E-state index contributed by atoms with van der Waals surface area (Å²) in [4.78, 5) is 17.5.